The lowest BCUT2D eigenvalue weighted by molar-refractivity contribution is -0.0494. The predicted molar refractivity (Wildman–Crippen MR) is 95.3 cm³/mol. The first kappa shape index (κ1) is 18.0. The Labute approximate surface area is 157 Å². The van der Waals surface area contributed by atoms with Gasteiger partial charge in [-0.2, -0.15) is 0 Å². The molecule has 4 rings (SSSR count). The summed E-state index contributed by atoms with van der Waals surface area (Å²) in [6.07, 6.45) is 0.790. The van der Waals surface area contributed by atoms with E-state index in [4.69, 9.17) is 5.73 Å². The molecule has 10 heteroatoms. The van der Waals surface area contributed by atoms with Crippen LogP contribution in [0, 0.1) is 0 Å². The number of carbonyl (C=O) groups excluding carboxylic acids is 2. The predicted octanol–water partition coefficient (Wildman–Crippen LogP) is 1.79. The molecule has 2 aromatic heterocycles. The summed E-state index contributed by atoms with van der Waals surface area (Å²) in [7, 11) is 0. The zero-order valence-corrected chi connectivity index (χ0v) is 14.7. The second-order valence-electron chi connectivity index (χ2n) is 6.62. The third-order valence-corrected chi connectivity index (χ3v) is 4.72. The molecule has 2 N–H and O–H groups in total. The van der Waals surface area contributed by atoms with Crippen LogP contribution in [-0.2, 0) is 0 Å². The van der Waals surface area contributed by atoms with Crippen LogP contribution in [0.4, 0.5) is 8.78 Å². The second kappa shape index (κ2) is 6.63. The molecule has 0 radical (unpaired) electrons. The number of likely N-dealkylation sites (tertiary alicyclic amines) is 1. The molecule has 0 spiro atoms. The third kappa shape index (κ3) is 3.28. The van der Waals surface area contributed by atoms with Crippen LogP contribution in [0.3, 0.4) is 0 Å². The van der Waals surface area contributed by atoms with Crippen LogP contribution in [0.2, 0.25) is 0 Å². The van der Waals surface area contributed by atoms with Gasteiger partial charge < -0.3 is 10.6 Å². The lowest BCUT2D eigenvalue weighted by atomic mass is 10.1. The highest BCUT2D eigenvalue weighted by molar-refractivity contribution is 5.97. The highest BCUT2D eigenvalue weighted by atomic mass is 19.3. The van der Waals surface area contributed by atoms with Gasteiger partial charge in [0, 0.05) is 31.5 Å². The molecule has 1 aliphatic heterocycles. The lowest BCUT2D eigenvalue weighted by Crippen LogP contribution is -2.42. The zero-order valence-electron chi connectivity index (χ0n) is 14.7. The molecular weight excluding hydrogens is 370 g/mol. The van der Waals surface area contributed by atoms with Crippen molar-refractivity contribution in [2.45, 2.75) is 18.8 Å². The second-order valence-corrected chi connectivity index (χ2v) is 6.62. The normalized spacial score (nSPS) is 16.3. The number of aromatic nitrogens is 4. The van der Waals surface area contributed by atoms with Gasteiger partial charge in [0.2, 0.25) is 0 Å². The van der Waals surface area contributed by atoms with Crippen LogP contribution in [0.25, 0.3) is 16.7 Å². The van der Waals surface area contributed by atoms with Crippen molar-refractivity contribution in [1.29, 1.82) is 0 Å². The number of fused-ring (bicyclic) bond motifs is 1. The minimum atomic E-state index is -2.71. The van der Waals surface area contributed by atoms with Crippen molar-refractivity contribution >= 4 is 22.8 Å². The quantitative estimate of drug-likeness (QED) is 0.738. The van der Waals surface area contributed by atoms with Crippen molar-refractivity contribution in [1.82, 2.24) is 24.9 Å². The maximum absolute atomic E-state index is 13.3. The first-order valence-corrected chi connectivity index (χ1v) is 8.63. The molecule has 1 fully saturated rings. The standard InChI is InChI=1S/C18H16F2N6O2/c19-18(20)5-7-25(8-6-18)17(28)11-1-4-15-14(9-11)23-24-26(15)12-2-3-13(16(21)27)22-10-12/h1-4,9-10H,5-8H2,(H2,21,27). The monoisotopic (exact) mass is 386 g/mol. The fourth-order valence-corrected chi connectivity index (χ4v) is 3.12. The van der Waals surface area contributed by atoms with Crippen LogP contribution in [-0.4, -0.2) is 55.7 Å². The number of pyridine rings is 1. The number of primary amides is 1. The Morgan fingerprint density at radius 2 is 1.86 bits per heavy atom. The largest absolute Gasteiger partial charge is 0.364 e. The number of hydrogen-bond donors (Lipinski definition) is 1. The average molecular weight is 386 g/mol. The van der Waals surface area contributed by atoms with Gasteiger partial charge in [-0.3, -0.25) is 9.59 Å². The first-order valence-electron chi connectivity index (χ1n) is 8.63. The summed E-state index contributed by atoms with van der Waals surface area (Å²) in [4.78, 5) is 29.1. The highest BCUT2D eigenvalue weighted by Gasteiger charge is 2.35. The van der Waals surface area contributed by atoms with Crippen LogP contribution < -0.4 is 5.73 Å². The minimum Gasteiger partial charge on any atom is -0.364 e. The van der Waals surface area contributed by atoms with Crippen LogP contribution in [0.15, 0.2) is 36.5 Å². The molecule has 2 amide bonds. The van der Waals surface area contributed by atoms with Crippen LogP contribution >= 0.6 is 0 Å². The minimum absolute atomic E-state index is 0.0223. The fraction of sp³-hybridized carbons (Fsp3) is 0.278. The highest BCUT2D eigenvalue weighted by Crippen LogP contribution is 2.28. The third-order valence-electron chi connectivity index (χ3n) is 4.72. The molecule has 8 nitrogen and oxygen atoms in total. The first-order chi connectivity index (χ1) is 13.3. The van der Waals surface area contributed by atoms with Gasteiger partial charge in [0.1, 0.15) is 11.2 Å². The molecule has 1 saturated heterocycles. The van der Waals surface area contributed by atoms with E-state index in [1.807, 2.05) is 0 Å². The van der Waals surface area contributed by atoms with Gasteiger partial charge in [0.05, 0.1) is 17.4 Å². The van der Waals surface area contributed by atoms with Crippen molar-refractivity contribution in [3.05, 3.63) is 47.8 Å². The fourth-order valence-electron chi connectivity index (χ4n) is 3.12. The Hall–Kier alpha value is -3.43. The van der Waals surface area contributed by atoms with E-state index >= 15 is 0 Å². The number of amides is 2. The SMILES string of the molecule is NC(=O)c1ccc(-n2nnc3cc(C(=O)N4CCC(F)(F)CC4)ccc32)cn1. The van der Waals surface area contributed by atoms with Gasteiger partial charge in [-0.05, 0) is 30.3 Å². The van der Waals surface area contributed by atoms with Crippen LogP contribution in [0.5, 0.6) is 0 Å². The molecule has 0 bridgehead atoms. The van der Waals surface area contributed by atoms with Gasteiger partial charge in [-0.25, -0.2) is 18.4 Å². The summed E-state index contributed by atoms with van der Waals surface area (Å²) in [5, 5.41) is 8.13. The van der Waals surface area contributed by atoms with Crippen molar-refractivity contribution in [3.63, 3.8) is 0 Å². The van der Waals surface area contributed by atoms with E-state index in [0.29, 0.717) is 22.3 Å². The summed E-state index contributed by atoms with van der Waals surface area (Å²) >= 11 is 0. The Kier molecular flexibility index (Phi) is 4.25. The summed E-state index contributed by atoms with van der Waals surface area (Å²) in [5.74, 6) is -3.64. The Balaban J connectivity index is 1.59. The number of hydrogen-bond acceptors (Lipinski definition) is 5. The lowest BCUT2D eigenvalue weighted by Gasteiger charge is -2.31. The molecule has 0 saturated carbocycles. The topological polar surface area (TPSA) is 107 Å². The average Bonchev–Trinajstić information content (AvgIpc) is 3.10. The molecule has 144 valence electrons. The van der Waals surface area contributed by atoms with Gasteiger partial charge in [0.15, 0.2) is 0 Å². The molecule has 3 heterocycles. The Bertz CT molecular complexity index is 1050. The van der Waals surface area contributed by atoms with Crippen molar-refractivity contribution < 1.29 is 18.4 Å². The molecule has 3 aromatic rings. The summed E-state index contributed by atoms with van der Waals surface area (Å²) in [5.41, 5.74) is 7.37. The van der Waals surface area contributed by atoms with E-state index in [9.17, 15) is 18.4 Å². The van der Waals surface area contributed by atoms with E-state index in [1.54, 1.807) is 24.3 Å². The number of rotatable bonds is 3. The summed E-state index contributed by atoms with van der Waals surface area (Å²) in [6, 6.07) is 7.99. The molecule has 28 heavy (non-hydrogen) atoms. The van der Waals surface area contributed by atoms with E-state index in [1.165, 1.54) is 21.8 Å². The molecule has 0 aliphatic carbocycles. The van der Waals surface area contributed by atoms with Gasteiger partial charge >= 0.3 is 0 Å². The number of benzene rings is 1. The van der Waals surface area contributed by atoms with Crippen molar-refractivity contribution in [2.24, 2.45) is 5.73 Å². The van der Waals surface area contributed by atoms with E-state index in [2.05, 4.69) is 15.3 Å². The van der Waals surface area contributed by atoms with Crippen LogP contribution in [0.1, 0.15) is 33.7 Å². The number of halogens is 2. The number of alkyl halides is 2. The van der Waals surface area contributed by atoms with E-state index < -0.39 is 11.8 Å². The summed E-state index contributed by atoms with van der Waals surface area (Å²) < 4.78 is 28.1. The van der Waals surface area contributed by atoms with Gasteiger partial charge in [0.25, 0.3) is 17.7 Å². The number of nitrogens with zero attached hydrogens (tertiary/aromatic N) is 5. The van der Waals surface area contributed by atoms with Crippen molar-refractivity contribution in [2.75, 3.05) is 13.1 Å². The molecular formula is C18H16F2N6O2. The number of piperidine rings is 1. The van der Waals surface area contributed by atoms with Crippen molar-refractivity contribution in [3.8, 4) is 5.69 Å². The Morgan fingerprint density at radius 1 is 1.11 bits per heavy atom. The summed E-state index contributed by atoms with van der Waals surface area (Å²) in [6.45, 7) is 0.0445. The van der Waals surface area contributed by atoms with E-state index in [-0.39, 0.29) is 37.5 Å². The Morgan fingerprint density at radius 3 is 2.50 bits per heavy atom. The zero-order chi connectivity index (χ0) is 19.9. The molecule has 1 aliphatic rings. The maximum atomic E-state index is 13.3. The molecule has 0 atom stereocenters. The number of carbonyl (C=O) groups is 2. The molecule has 0 unspecified atom stereocenters. The number of nitrogens with two attached hydrogens (primary N) is 1. The van der Waals surface area contributed by atoms with Gasteiger partial charge in [-0.1, -0.05) is 5.21 Å². The smallest absolute Gasteiger partial charge is 0.267 e. The molecule has 1 aromatic carbocycles. The maximum Gasteiger partial charge on any atom is 0.267 e. The van der Waals surface area contributed by atoms with Gasteiger partial charge in [-0.15, -0.1) is 5.10 Å². The van der Waals surface area contributed by atoms with E-state index in [0.717, 1.165) is 0 Å².